The van der Waals surface area contributed by atoms with Gasteiger partial charge in [0.05, 0.1) is 23.8 Å². The first-order valence-corrected chi connectivity index (χ1v) is 7.95. The fourth-order valence-corrected chi connectivity index (χ4v) is 2.72. The first-order valence-electron chi connectivity index (χ1n) is 7.95. The van der Waals surface area contributed by atoms with Crippen molar-refractivity contribution in [3.63, 3.8) is 0 Å². The lowest BCUT2D eigenvalue weighted by Gasteiger charge is -2.18. The number of hydrogen-bond donors (Lipinski definition) is 2. The summed E-state index contributed by atoms with van der Waals surface area (Å²) in [5.41, 5.74) is 2.02. The second-order valence-corrected chi connectivity index (χ2v) is 5.80. The Labute approximate surface area is 144 Å². The first kappa shape index (κ1) is 16.8. The summed E-state index contributed by atoms with van der Waals surface area (Å²) < 4.78 is 4.77. The van der Waals surface area contributed by atoms with Crippen LogP contribution in [0.2, 0.25) is 0 Å². The van der Waals surface area contributed by atoms with Crippen molar-refractivity contribution in [3.8, 4) is 0 Å². The fourth-order valence-electron chi connectivity index (χ4n) is 2.72. The van der Waals surface area contributed by atoms with Crippen LogP contribution >= 0.6 is 0 Å². The molecular weight excluding hydrogens is 324 g/mol. The van der Waals surface area contributed by atoms with E-state index in [1.807, 2.05) is 24.3 Å². The number of carbonyl (C=O) groups excluding carboxylic acids is 3. The molecule has 0 spiro atoms. The summed E-state index contributed by atoms with van der Waals surface area (Å²) >= 11 is 0. The van der Waals surface area contributed by atoms with Crippen LogP contribution in [-0.2, 0) is 25.5 Å². The maximum atomic E-state index is 12.3. The number of methoxy groups -OCH3 is 1. The summed E-state index contributed by atoms with van der Waals surface area (Å²) in [7, 11) is 1.25. The number of esters is 1. The number of amides is 2. The Morgan fingerprint density at radius 3 is 2.80 bits per heavy atom. The van der Waals surface area contributed by atoms with Gasteiger partial charge in [-0.2, -0.15) is 0 Å². The van der Waals surface area contributed by atoms with Crippen LogP contribution in [0.15, 0.2) is 30.5 Å². The second-order valence-electron chi connectivity index (χ2n) is 5.80. The van der Waals surface area contributed by atoms with Gasteiger partial charge in [0.15, 0.2) is 0 Å². The maximum absolute atomic E-state index is 12.3. The predicted molar refractivity (Wildman–Crippen MR) is 88.4 cm³/mol. The van der Waals surface area contributed by atoms with Crippen LogP contribution in [0.5, 0.6) is 0 Å². The highest BCUT2D eigenvalue weighted by Crippen LogP contribution is 2.11. The van der Waals surface area contributed by atoms with Gasteiger partial charge in [0.25, 0.3) is 0 Å². The quantitative estimate of drug-likeness (QED) is 0.746. The Morgan fingerprint density at radius 1 is 1.36 bits per heavy atom. The normalized spacial score (nSPS) is 17.8. The minimum Gasteiger partial charge on any atom is -0.467 e. The van der Waals surface area contributed by atoms with E-state index >= 15 is 0 Å². The van der Waals surface area contributed by atoms with Gasteiger partial charge in [-0.15, -0.1) is 0 Å². The lowest BCUT2D eigenvalue weighted by atomic mass is 10.1. The summed E-state index contributed by atoms with van der Waals surface area (Å²) in [5, 5.41) is 5.20. The molecule has 2 atom stereocenters. The minimum atomic E-state index is -0.898. The summed E-state index contributed by atoms with van der Waals surface area (Å²) in [4.78, 5) is 44.3. The Morgan fingerprint density at radius 2 is 2.12 bits per heavy atom. The molecular formula is C17H18N4O4. The molecule has 1 aliphatic rings. The zero-order chi connectivity index (χ0) is 17.8. The molecule has 3 rings (SSSR count). The number of hydrogen-bond acceptors (Lipinski definition) is 6. The largest absolute Gasteiger partial charge is 0.467 e. The van der Waals surface area contributed by atoms with Crippen LogP contribution in [0, 0.1) is 0 Å². The van der Waals surface area contributed by atoms with Gasteiger partial charge in [-0.05, 0) is 18.6 Å². The molecule has 2 amide bonds. The fraction of sp³-hybridized carbons (Fsp3) is 0.353. The van der Waals surface area contributed by atoms with Gasteiger partial charge in [-0.25, -0.2) is 9.78 Å². The number of nitrogens with one attached hydrogen (secondary N) is 2. The van der Waals surface area contributed by atoms with E-state index in [2.05, 4.69) is 20.6 Å². The highest BCUT2D eigenvalue weighted by Gasteiger charge is 2.31. The smallest absolute Gasteiger partial charge is 0.328 e. The number of fused-ring (bicyclic) bond motifs is 1. The van der Waals surface area contributed by atoms with Crippen LogP contribution in [0.4, 0.5) is 0 Å². The topological polar surface area (TPSA) is 110 Å². The lowest BCUT2D eigenvalue weighted by Crippen LogP contribution is -2.50. The molecule has 1 aromatic heterocycles. The van der Waals surface area contributed by atoms with Crippen molar-refractivity contribution < 1.29 is 19.1 Å². The van der Waals surface area contributed by atoms with Crippen LogP contribution in [-0.4, -0.2) is 46.9 Å². The molecule has 2 aromatic rings. The van der Waals surface area contributed by atoms with Crippen molar-refractivity contribution in [2.45, 2.75) is 31.3 Å². The Hall–Kier alpha value is -3.03. The SMILES string of the molecule is COC(=O)[C@H](Cc1cnc2ccccc2n1)NC(=O)[C@@H]1CCC(=O)N1. The van der Waals surface area contributed by atoms with Gasteiger partial charge in [-0.3, -0.25) is 14.6 Å². The summed E-state index contributed by atoms with van der Waals surface area (Å²) in [6, 6.07) is 5.86. The number of benzene rings is 1. The molecule has 8 nitrogen and oxygen atoms in total. The van der Waals surface area contributed by atoms with Gasteiger partial charge in [0.2, 0.25) is 11.8 Å². The standard InChI is InChI=1S/C17H18N4O4/c1-25-17(24)14(21-16(23)13-6-7-15(22)20-13)8-10-9-18-11-4-2-3-5-12(11)19-10/h2-5,9,13-14H,6-8H2,1H3,(H,20,22)(H,21,23)/t13-,14-/m0/s1. The number of nitrogens with zero attached hydrogens (tertiary/aromatic N) is 2. The van der Waals surface area contributed by atoms with E-state index in [-0.39, 0.29) is 12.3 Å². The molecule has 0 aliphatic carbocycles. The number of ether oxygens (including phenoxy) is 1. The number of carbonyl (C=O) groups is 3. The van der Waals surface area contributed by atoms with E-state index < -0.39 is 24.0 Å². The van der Waals surface area contributed by atoms with Crippen molar-refractivity contribution in [1.29, 1.82) is 0 Å². The van der Waals surface area contributed by atoms with Crippen molar-refractivity contribution >= 4 is 28.8 Å². The molecule has 1 saturated heterocycles. The van der Waals surface area contributed by atoms with Gasteiger partial charge in [0.1, 0.15) is 12.1 Å². The summed E-state index contributed by atoms with van der Waals surface area (Å²) in [6.07, 6.45) is 2.43. The third-order valence-corrected chi connectivity index (χ3v) is 4.03. The number of rotatable bonds is 5. The van der Waals surface area contributed by atoms with Crippen LogP contribution < -0.4 is 10.6 Å². The molecule has 1 fully saturated rings. The van der Waals surface area contributed by atoms with E-state index in [0.717, 1.165) is 5.52 Å². The molecule has 0 unspecified atom stereocenters. The highest BCUT2D eigenvalue weighted by molar-refractivity contribution is 5.93. The summed E-state index contributed by atoms with van der Waals surface area (Å²) in [6.45, 7) is 0. The Bertz CT molecular complexity index is 823. The van der Waals surface area contributed by atoms with E-state index in [1.54, 1.807) is 6.20 Å². The van der Waals surface area contributed by atoms with E-state index in [1.165, 1.54) is 7.11 Å². The number of aromatic nitrogens is 2. The van der Waals surface area contributed by atoms with Gasteiger partial charge in [0, 0.05) is 19.0 Å². The average molecular weight is 342 g/mol. The van der Waals surface area contributed by atoms with E-state index in [4.69, 9.17) is 4.74 Å². The van der Waals surface area contributed by atoms with Gasteiger partial charge >= 0.3 is 5.97 Å². The van der Waals surface area contributed by atoms with Crippen molar-refractivity contribution in [3.05, 3.63) is 36.2 Å². The van der Waals surface area contributed by atoms with Crippen LogP contribution in [0.1, 0.15) is 18.5 Å². The maximum Gasteiger partial charge on any atom is 0.328 e. The molecule has 2 heterocycles. The third kappa shape index (κ3) is 3.90. The summed E-state index contributed by atoms with van der Waals surface area (Å²) in [5.74, 6) is -1.15. The number of para-hydroxylation sites is 2. The molecule has 25 heavy (non-hydrogen) atoms. The Kier molecular flexibility index (Phi) is 4.87. The molecule has 0 radical (unpaired) electrons. The van der Waals surface area contributed by atoms with Gasteiger partial charge in [-0.1, -0.05) is 12.1 Å². The molecule has 1 aliphatic heterocycles. The monoisotopic (exact) mass is 342 g/mol. The van der Waals surface area contributed by atoms with E-state index in [9.17, 15) is 14.4 Å². The zero-order valence-corrected chi connectivity index (χ0v) is 13.7. The van der Waals surface area contributed by atoms with Crippen LogP contribution in [0.3, 0.4) is 0 Å². The molecule has 130 valence electrons. The Balaban J connectivity index is 1.74. The van der Waals surface area contributed by atoms with Crippen molar-refractivity contribution in [2.75, 3.05) is 7.11 Å². The highest BCUT2D eigenvalue weighted by atomic mass is 16.5. The molecule has 1 aromatic carbocycles. The average Bonchev–Trinajstić information content (AvgIpc) is 3.07. The van der Waals surface area contributed by atoms with E-state index in [0.29, 0.717) is 24.1 Å². The van der Waals surface area contributed by atoms with Crippen LogP contribution in [0.25, 0.3) is 11.0 Å². The van der Waals surface area contributed by atoms with Gasteiger partial charge < -0.3 is 15.4 Å². The molecule has 0 saturated carbocycles. The van der Waals surface area contributed by atoms with Crippen molar-refractivity contribution in [1.82, 2.24) is 20.6 Å². The first-order chi connectivity index (χ1) is 12.1. The molecule has 8 heteroatoms. The third-order valence-electron chi connectivity index (χ3n) is 4.03. The second kappa shape index (κ2) is 7.25. The molecule has 0 bridgehead atoms. The molecule has 2 N–H and O–H groups in total. The zero-order valence-electron chi connectivity index (χ0n) is 13.7. The minimum absolute atomic E-state index is 0.150. The lowest BCUT2D eigenvalue weighted by molar-refractivity contribution is -0.145. The van der Waals surface area contributed by atoms with Crippen molar-refractivity contribution in [2.24, 2.45) is 0 Å². The predicted octanol–water partition coefficient (Wildman–Crippen LogP) is 0.109.